The molecule has 3 rings (SSSR count). The molecule has 1 aliphatic rings. The number of alkyl carbamates (subject to hydrolysis) is 1. The second-order valence-electron chi connectivity index (χ2n) is 7.26. The second-order valence-corrected chi connectivity index (χ2v) is 8.08. The van der Waals surface area contributed by atoms with E-state index in [-0.39, 0.29) is 17.4 Å². The van der Waals surface area contributed by atoms with Crippen molar-refractivity contribution in [3.8, 4) is 0 Å². The van der Waals surface area contributed by atoms with Gasteiger partial charge in [0.05, 0.1) is 11.0 Å². The van der Waals surface area contributed by atoms with Gasteiger partial charge in [-0.05, 0) is 33.4 Å². The first-order valence-electron chi connectivity index (χ1n) is 8.49. The molecular weight excluding hydrogens is 372 g/mol. The fourth-order valence-electron chi connectivity index (χ4n) is 2.91. The van der Waals surface area contributed by atoms with Crippen LogP contribution in [0, 0.1) is 10.1 Å². The maximum absolute atomic E-state index is 12.0. The van der Waals surface area contributed by atoms with Gasteiger partial charge < -0.3 is 15.0 Å². The monoisotopic (exact) mass is 394 g/mol. The minimum Gasteiger partial charge on any atom is -0.444 e. The summed E-state index contributed by atoms with van der Waals surface area (Å²) in [4.78, 5) is 29.1. The number of hydrogen-bond acceptors (Lipinski definition) is 8. The third kappa shape index (κ3) is 4.24. The number of amides is 1. The highest BCUT2D eigenvalue weighted by molar-refractivity contribution is 7.98. The third-order valence-corrected chi connectivity index (χ3v) is 4.75. The molecule has 27 heavy (non-hydrogen) atoms. The van der Waals surface area contributed by atoms with E-state index in [0.717, 1.165) is 11.4 Å². The van der Waals surface area contributed by atoms with Crippen LogP contribution < -0.4 is 10.2 Å². The molecule has 2 aromatic rings. The van der Waals surface area contributed by atoms with Gasteiger partial charge in [0, 0.05) is 19.2 Å². The lowest BCUT2D eigenvalue weighted by Gasteiger charge is -2.22. The van der Waals surface area contributed by atoms with Gasteiger partial charge in [0.15, 0.2) is 0 Å². The van der Waals surface area contributed by atoms with Crippen molar-refractivity contribution in [2.24, 2.45) is 0 Å². The number of nitrogens with zero attached hydrogens (tertiary/aromatic N) is 5. The lowest BCUT2D eigenvalue weighted by atomic mass is 10.2. The topological polar surface area (TPSA) is 115 Å². The molecule has 1 amide bonds. The number of thioether (sulfide) groups is 1. The van der Waals surface area contributed by atoms with E-state index in [1.54, 1.807) is 0 Å². The van der Waals surface area contributed by atoms with Crippen LogP contribution in [-0.4, -0.2) is 56.6 Å². The van der Waals surface area contributed by atoms with Crippen LogP contribution in [0.2, 0.25) is 0 Å². The molecule has 1 fully saturated rings. The highest BCUT2D eigenvalue weighted by Gasteiger charge is 2.28. The first-order valence-corrected chi connectivity index (χ1v) is 9.72. The van der Waals surface area contributed by atoms with E-state index in [1.807, 2.05) is 38.0 Å². The molecule has 2 aromatic heterocycles. The number of anilines is 1. The van der Waals surface area contributed by atoms with Crippen LogP contribution in [0.15, 0.2) is 17.3 Å². The summed E-state index contributed by atoms with van der Waals surface area (Å²) in [5.41, 5.74) is -0.469. The molecule has 146 valence electrons. The van der Waals surface area contributed by atoms with Crippen molar-refractivity contribution >= 4 is 35.0 Å². The molecule has 0 bridgehead atoms. The number of aromatic nitrogens is 3. The van der Waals surface area contributed by atoms with Crippen LogP contribution in [0.5, 0.6) is 0 Å². The van der Waals surface area contributed by atoms with Gasteiger partial charge in [-0.25, -0.2) is 14.3 Å². The minimum absolute atomic E-state index is 0.0736. The fourth-order valence-corrected chi connectivity index (χ4v) is 3.44. The van der Waals surface area contributed by atoms with Crippen LogP contribution in [0.3, 0.4) is 0 Å². The molecule has 0 radical (unpaired) electrons. The molecule has 0 aliphatic carbocycles. The number of carbonyl (C=O) groups excluding carboxylic acids is 1. The van der Waals surface area contributed by atoms with Crippen molar-refractivity contribution in [2.75, 3.05) is 24.2 Å². The van der Waals surface area contributed by atoms with Gasteiger partial charge in [0.2, 0.25) is 5.65 Å². The van der Waals surface area contributed by atoms with E-state index in [0.29, 0.717) is 18.9 Å². The van der Waals surface area contributed by atoms with Crippen molar-refractivity contribution in [1.82, 2.24) is 19.9 Å². The van der Waals surface area contributed by atoms with Crippen molar-refractivity contribution in [1.29, 1.82) is 0 Å². The summed E-state index contributed by atoms with van der Waals surface area (Å²) >= 11 is 1.44. The number of carbonyl (C=O) groups is 1. The minimum atomic E-state index is -0.552. The normalized spacial score (nSPS) is 17.3. The van der Waals surface area contributed by atoms with E-state index < -0.39 is 16.6 Å². The van der Waals surface area contributed by atoms with Gasteiger partial charge in [0.1, 0.15) is 22.6 Å². The highest BCUT2D eigenvalue weighted by Crippen LogP contribution is 2.28. The Kier molecular flexibility index (Phi) is 5.13. The van der Waals surface area contributed by atoms with Crippen LogP contribution in [0.1, 0.15) is 27.2 Å². The number of ether oxygens (including phenoxy) is 1. The molecule has 0 spiro atoms. The Balaban J connectivity index is 1.79. The Bertz CT molecular complexity index is 878. The molecule has 0 unspecified atom stereocenters. The van der Waals surface area contributed by atoms with Crippen LogP contribution >= 0.6 is 11.8 Å². The molecule has 10 nitrogen and oxygen atoms in total. The van der Waals surface area contributed by atoms with Crippen LogP contribution in [0.4, 0.5) is 16.3 Å². The second kappa shape index (κ2) is 7.22. The molecule has 1 saturated heterocycles. The zero-order chi connectivity index (χ0) is 19.8. The zero-order valence-corrected chi connectivity index (χ0v) is 16.4. The average Bonchev–Trinajstić information content (AvgIpc) is 3.18. The molecule has 3 heterocycles. The Labute approximate surface area is 160 Å². The van der Waals surface area contributed by atoms with E-state index in [1.165, 1.54) is 22.5 Å². The smallest absolute Gasteiger partial charge is 0.407 e. The molecule has 0 aromatic carbocycles. The van der Waals surface area contributed by atoms with Gasteiger partial charge in [0.25, 0.3) is 0 Å². The van der Waals surface area contributed by atoms with Crippen molar-refractivity contribution < 1.29 is 14.5 Å². The van der Waals surface area contributed by atoms with E-state index in [4.69, 9.17) is 4.74 Å². The van der Waals surface area contributed by atoms with Gasteiger partial charge in [-0.2, -0.15) is 5.10 Å². The number of nitrogens with one attached hydrogen (secondary N) is 1. The summed E-state index contributed by atoms with van der Waals surface area (Å²) in [7, 11) is 0. The van der Waals surface area contributed by atoms with Crippen molar-refractivity contribution in [2.45, 2.75) is 43.9 Å². The molecule has 11 heteroatoms. The molecule has 0 saturated carbocycles. The summed E-state index contributed by atoms with van der Waals surface area (Å²) in [6.45, 7) is 6.68. The van der Waals surface area contributed by atoms with Crippen molar-refractivity contribution in [3.63, 3.8) is 0 Å². The predicted molar refractivity (Wildman–Crippen MR) is 101 cm³/mol. The predicted octanol–water partition coefficient (Wildman–Crippen LogP) is 2.46. The van der Waals surface area contributed by atoms with E-state index >= 15 is 0 Å². The van der Waals surface area contributed by atoms with Gasteiger partial charge in [-0.15, -0.1) is 11.8 Å². The molecule has 1 aliphatic heterocycles. The summed E-state index contributed by atoms with van der Waals surface area (Å²) in [5.74, 6) is 0.629. The number of hydrogen-bond donors (Lipinski definition) is 1. The Morgan fingerprint density at radius 1 is 1.48 bits per heavy atom. The Morgan fingerprint density at radius 2 is 2.22 bits per heavy atom. The average molecular weight is 394 g/mol. The Morgan fingerprint density at radius 3 is 2.85 bits per heavy atom. The van der Waals surface area contributed by atoms with E-state index in [9.17, 15) is 14.9 Å². The summed E-state index contributed by atoms with van der Waals surface area (Å²) < 4.78 is 6.76. The van der Waals surface area contributed by atoms with Crippen LogP contribution in [-0.2, 0) is 4.74 Å². The summed E-state index contributed by atoms with van der Waals surface area (Å²) in [5, 5.41) is 18.9. The summed E-state index contributed by atoms with van der Waals surface area (Å²) in [6, 6.07) is 1.78. The van der Waals surface area contributed by atoms with E-state index in [2.05, 4.69) is 15.4 Å². The highest BCUT2D eigenvalue weighted by atomic mass is 32.2. The zero-order valence-electron chi connectivity index (χ0n) is 15.6. The summed E-state index contributed by atoms with van der Waals surface area (Å²) in [6.07, 6.45) is 3.38. The fraction of sp³-hybridized carbons (Fsp3) is 0.562. The molecular formula is C16H22N6O4S. The lowest BCUT2D eigenvalue weighted by Crippen LogP contribution is -2.40. The van der Waals surface area contributed by atoms with Gasteiger partial charge >= 0.3 is 11.8 Å². The number of rotatable bonds is 4. The Hall–Kier alpha value is -2.56. The van der Waals surface area contributed by atoms with Crippen molar-refractivity contribution in [3.05, 3.63) is 22.4 Å². The van der Waals surface area contributed by atoms with Crippen LogP contribution in [0.25, 0.3) is 5.65 Å². The maximum Gasteiger partial charge on any atom is 0.407 e. The SMILES string of the molecule is CSc1cc(N2CC[C@H](NC(=O)OC(C)(C)C)C2)nc2c([N+](=O)[O-])cnn12. The number of fused-ring (bicyclic) bond motifs is 1. The maximum atomic E-state index is 12.0. The third-order valence-electron chi connectivity index (χ3n) is 4.05. The molecule has 1 atom stereocenters. The van der Waals surface area contributed by atoms with Gasteiger partial charge in [-0.3, -0.25) is 10.1 Å². The lowest BCUT2D eigenvalue weighted by molar-refractivity contribution is -0.383. The van der Waals surface area contributed by atoms with Gasteiger partial charge in [-0.1, -0.05) is 0 Å². The molecule has 1 N–H and O–H groups in total. The number of nitro groups is 1. The largest absolute Gasteiger partial charge is 0.444 e. The quantitative estimate of drug-likeness (QED) is 0.364. The standard InChI is InChI=1S/C16H22N6O4S/c1-16(2,3)26-15(23)18-10-5-6-20(9-10)12-7-13(27-4)21-14(19-12)11(8-17-21)22(24)25/h7-8,10H,5-6,9H2,1-4H3,(H,18,23)/t10-/m0/s1. The first-order chi connectivity index (χ1) is 12.7. The first kappa shape index (κ1) is 19.2.